The quantitative estimate of drug-likeness (QED) is 0.844. The summed E-state index contributed by atoms with van der Waals surface area (Å²) < 4.78 is 13.0. The van der Waals surface area contributed by atoms with Crippen LogP contribution in [0.5, 0.6) is 0 Å². The molecule has 1 unspecified atom stereocenters. The molecule has 0 heterocycles. The molecule has 0 aliphatic rings. The van der Waals surface area contributed by atoms with E-state index in [1.807, 2.05) is 7.05 Å². The van der Waals surface area contributed by atoms with Crippen molar-refractivity contribution >= 4 is 11.6 Å². The maximum absolute atomic E-state index is 13.0. The average molecular weight is 258 g/mol. The van der Waals surface area contributed by atoms with Crippen molar-refractivity contribution in [2.75, 3.05) is 13.6 Å². The van der Waals surface area contributed by atoms with Gasteiger partial charge < -0.3 is 5.32 Å². The Labute approximate surface area is 108 Å². The summed E-state index contributed by atoms with van der Waals surface area (Å²) in [5, 5.41) is 3.74. The van der Waals surface area contributed by atoms with Gasteiger partial charge in [0, 0.05) is 11.6 Å². The van der Waals surface area contributed by atoms with Gasteiger partial charge in [0.15, 0.2) is 0 Å². The largest absolute Gasteiger partial charge is 0.319 e. The van der Waals surface area contributed by atoms with Crippen molar-refractivity contribution in [2.24, 2.45) is 11.3 Å². The minimum absolute atomic E-state index is 0.121. The van der Waals surface area contributed by atoms with Crippen molar-refractivity contribution in [2.45, 2.75) is 27.2 Å². The first-order valence-electron chi connectivity index (χ1n) is 5.97. The number of benzene rings is 1. The van der Waals surface area contributed by atoms with Crippen LogP contribution in [0.25, 0.3) is 0 Å². The third-order valence-corrected chi connectivity index (χ3v) is 3.94. The van der Waals surface area contributed by atoms with Gasteiger partial charge in [-0.2, -0.15) is 0 Å². The standard InChI is InChI=1S/C14H21ClFN/c1-10(2)14(3,9-17-4)8-11-5-6-12(16)7-13(11)15/h5-7,10,17H,8-9H2,1-4H3. The lowest BCUT2D eigenvalue weighted by Gasteiger charge is -2.34. The Balaban J connectivity index is 2.93. The Bertz CT molecular complexity index is 378. The normalized spacial score (nSPS) is 15.0. The molecule has 1 nitrogen and oxygen atoms in total. The first-order valence-corrected chi connectivity index (χ1v) is 6.35. The highest BCUT2D eigenvalue weighted by atomic mass is 35.5. The van der Waals surface area contributed by atoms with Gasteiger partial charge in [-0.25, -0.2) is 4.39 Å². The van der Waals surface area contributed by atoms with Crippen LogP contribution < -0.4 is 5.32 Å². The van der Waals surface area contributed by atoms with Crippen molar-refractivity contribution in [3.05, 3.63) is 34.6 Å². The van der Waals surface area contributed by atoms with Crippen molar-refractivity contribution in [3.63, 3.8) is 0 Å². The molecule has 0 aromatic heterocycles. The fourth-order valence-electron chi connectivity index (χ4n) is 1.97. The molecule has 0 saturated heterocycles. The summed E-state index contributed by atoms with van der Waals surface area (Å²) in [6, 6.07) is 4.65. The molecule has 96 valence electrons. The van der Waals surface area contributed by atoms with Crippen molar-refractivity contribution in [3.8, 4) is 0 Å². The summed E-state index contributed by atoms with van der Waals surface area (Å²) in [6.07, 6.45) is 0.852. The van der Waals surface area contributed by atoms with Crippen molar-refractivity contribution in [1.29, 1.82) is 0 Å². The summed E-state index contributed by atoms with van der Waals surface area (Å²) in [7, 11) is 1.95. The van der Waals surface area contributed by atoms with Gasteiger partial charge in [-0.15, -0.1) is 0 Å². The monoisotopic (exact) mass is 257 g/mol. The van der Waals surface area contributed by atoms with E-state index in [1.165, 1.54) is 12.1 Å². The van der Waals surface area contributed by atoms with Crippen molar-refractivity contribution in [1.82, 2.24) is 5.32 Å². The highest BCUT2D eigenvalue weighted by Gasteiger charge is 2.28. The van der Waals surface area contributed by atoms with Crippen LogP contribution in [0.15, 0.2) is 18.2 Å². The predicted octanol–water partition coefficient (Wildman–Crippen LogP) is 3.90. The van der Waals surface area contributed by atoms with Crippen LogP contribution in [-0.4, -0.2) is 13.6 Å². The molecule has 1 aromatic rings. The summed E-state index contributed by atoms with van der Waals surface area (Å²) in [5.74, 6) is 0.245. The van der Waals surface area contributed by atoms with E-state index in [0.29, 0.717) is 10.9 Å². The zero-order valence-electron chi connectivity index (χ0n) is 11.0. The lowest BCUT2D eigenvalue weighted by atomic mass is 9.74. The van der Waals surface area contributed by atoms with Crippen molar-refractivity contribution < 1.29 is 4.39 Å². The van der Waals surface area contributed by atoms with Crippen LogP contribution in [-0.2, 0) is 6.42 Å². The Hall–Kier alpha value is -0.600. The number of halogens is 2. The Morgan fingerprint density at radius 2 is 2.06 bits per heavy atom. The molecule has 0 saturated carbocycles. The average Bonchev–Trinajstić information content (AvgIpc) is 2.22. The van der Waals surface area contributed by atoms with E-state index >= 15 is 0 Å². The molecular formula is C14H21ClFN. The molecule has 3 heteroatoms. The summed E-state index contributed by atoms with van der Waals surface area (Å²) in [4.78, 5) is 0. The van der Waals surface area contributed by atoms with E-state index < -0.39 is 0 Å². The highest BCUT2D eigenvalue weighted by Crippen LogP contribution is 2.33. The molecule has 0 aliphatic carbocycles. The van der Waals surface area contributed by atoms with Crippen LogP contribution in [0.1, 0.15) is 26.3 Å². The van der Waals surface area contributed by atoms with E-state index in [4.69, 9.17) is 11.6 Å². The van der Waals surface area contributed by atoms with Crippen LogP contribution in [0, 0.1) is 17.2 Å². The number of nitrogens with one attached hydrogen (secondary N) is 1. The van der Waals surface area contributed by atoms with E-state index in [9.17, 15) is 4.39 Å². The summed E-state index contributed by atoms with van der Waals surface area (Å²) in [6.45, 7) is 7.55. The molecule has 0 radical (unpaired) electrons. The van der Waals surface area contributed by atoms with Gasteiger partial charge >= 0.3 is 0 Å². The second-order valence-electron chi connectivity index (χ2n) is 5.25. The third-order valence-electron chi connectivity index (χ3n) is 3.58. The van der Waals surface area contributed by atoms with Gasteiger partial charge in [-0.05, 0) is 42.5 Å². The lowest BCUT2D eigenvalue weighted by molar-refractivity contribution is 0.212. The minimum Gasteiger partial charge on any atom is -0.319 e. The molecule has 0 amide bonds. The molecular weight excluding hydrogens is 237 g/mol. The molecule has 17 heavy (non-hydrogen) atoms. The number of hydrogen-bond donors (Lipinski definition) is 1. The molecule has 1 aromatic carbocycles. The first kappa shape index (κ1) is 14.5. The summed E-state index contributed by atoms with van der Waals surface area (Å²) >= 11 is 6.08. The van der Waals surface area contributed by atoms with Gasteiger partial charge in [0.05, 0.1) is 0 Å². The third kappa shape index (κ3) is 3.68. The Morgan fingerprint density at radius 3 is 2.53 bits per heavy atom. The predicted molar refractivity (Wildman–Crippen MR) is 72.0 cm³/mol. The van der Waals surface area contributed by atoms with Crippen LogP contribution in [0.2, 0.25) is 5.02 Å². The van der Waals surface area contributed by atoms with Gasteiger partial charge in [-0.1, -0.05) is 38.4 Å². The SMILES string of the molecule is CNCC(C)(Cc1ccc(F)cc1Cl)C(C)C. The van der Waals surface area contributed by atoms with Gasteiger partial charge in [0.2, 0.25) is 0 Å². The smallest absolute Gasteiger partial charge is 0.124 e. The summed E-state index contributed by atoms with van der Waals surface area (Å²) in [5.41, 5.74) is 1.13. The van der Waals surface area contributed by atoms with E-state index in [-0.39, 0.29) is 11.2 Å². The molecule has 0 aliphatic heterocycles. The maximum atomic E-state index is 13.0. The highest BCUT2D eigenvalue weighted by molar-refractivity contribution is 6.31. The Kier molecular flexibility index (Phi) is 4.96. The fourth-order valence-corrected chi connectivity index (χ4v) is 2.21. The van der Waals surface area contributed by atoms with Crippen LogP contribution in [0.3, 0.4) is 0 Å². The number of hydrogen-bond acceptors (Lipinski definition) is 1. The molecule has 0 bridgehead atoms. The Morgan fingerprint density at radius 1 is 1.41 bits per heavy atom. The van der Waals surface area contributed by atoms with E-state index in [0.717, 1.165) is 18.5 Å². The van der Waals surface area contributed by atoms with Gasteiger partial charge in [0.1, 0.15) is 5.82 Å². The zero-order chi connectivity index (χ0) is 13.1. The zero-order valence-corrected chi connectivity index (χ0v) is 11.7. The molecule has 1 rings (SSSR count). The number of rotatable bonds is 5. The van der Waals surface area contributed by atoms with Crippen LogP contribution >= 0.6 is 11.6 Å². The van der Waals surface area contributed by atoms with E-state index in [1.54, 1.807) is 6.07 Å². The molecule has 1 N–H and O–H groups in total. The van der Waals surface area contributed by atoms with Gasteiger partial charge in [0.25, 0.3) is 0 Å². The van der Waals surface area contributed by atoms with Crippen LogP contribution in [0.4, 0.5) is 4.39 Å². The molecule has 0 spiro atoms. The molecule has 0 fully saturated rings. The van der Waals surface area contributed by atoms with Gasteiger partial charge in [-0.3, -0.25) is 0 Å². The molecule has 1 atom stereocenters. The second kappa shape index (κ2) is 5.83. The fraction of sp³-hybridized carbons (Fsp3) is 0.571. The lowest BCUT2D eigenvalue weighted by Crippen LogP contribution is -2.36. The maximum Gasteiger partial charge on any atom is 0.124 e. The van der Waals surface area contributed by atoms with E-state index in [2.05, 4.69) is 26.1 Å². The minimum atomic E-state index is -0.279. The second-order valence-corrected chi connectivity index (χ2v) is 5.66. The topological polar surface area (TPSA) is 12.0 Å². The first-order chi connectivity index (χ1) is 7.89.